The number of phosphoric ester groups is 1. The number of nitrogens with two attached hydrogens (primary N) is 1. The molecule has 1 amide bonds. The predicted octanol–water partition coefficient (Wildman–Crippen LogP) is -0.793. The number of fused-ring (bicyclic) bond motifs is 5. The Kier molecular flexibility index (Phi) is 7.24. The molecule has 0 spiro atoms. The van der Waals surface area contributed by atoms with Gasteiger partial charge in [-0.15, -0.1) is 0 Å². The van der Waals surface area contributed by atoms with Crippen LogP contribution in [0.25, 0.3) is 16.2 Å². The number of nitrogens with one attached hydrogen (secondary N) is 4. The quantitative estimate of drug-likeness (QED) is 0.152. The van der Waals surface area contributed by atoms with Gasteiger partial charge in [-0.1, -0.05) is 11.8 Å². The van der Waals surface area contributed by atoms with E-state index in [9.17, 15) is 29.0 Å². The summed E-state index contributed by atoms with van der Waals surface area (Å²) in [7, 11) is -5.19. The summed E-state index contributed by atoms with van der Waals surface area (Å²) in [4.78, 5) is 57.5. The maximum Gasteiger partial charge on any atom is 0.584 e. The van der Waals surface area contributed by atoms with Gasteiger partial charge in [-0.3, -0.25) is 39.2 Å². The topological polar surface area (TPSA) is 274 Å². The second-order valence-corrected chi connectivity index (χ2v) is 14.7. The van der Waals surface area contributed by atoms with Crippen molar-refractivity contribution in [3.05, 3.63) is 45.2 Å². The lowest BCUT2D eigenvalue weighted by Gasteiger charge is -2.30. The number of furan rings is 1. The number of rotatable bonds is 2. The van der Waals surface area contributed by atoms with Gasteiger partial charge in [-0.05, 0) is 0 Å². The Bertz CT molecular complexity index is 1980. The predicted molar refractivity (Wildman–Crippen MR) is 154 cm³/mol. The molecule has 0 saturated carbocycles. The first kappa shape index (κ1) is 30.2. The first-order valence-electron chi connectivity index (χ1n) is 12.6. The molecule has 25 heteroatoms. The number of anilines is 2. The summed E-state index contributed by atoms with van der Waals surface area (Å²) in [5.41, 5.74) is 4.82. The molecule has 2 fully saturated rings. The molecule has 4 aliphatic rings. The number of amides is 1. The molecule has 2 saturated heterocycles. The summed E-state index contributed by atoms with van der Waals surface area (Å²) in [6, 6.07) is -0.777. The number of phosphoric acid groups is 1. The normalized spacial score (nSPS) is 31.4. The Labute approximate surface area is 258 Å². The van der Waals surface area contributed by atoms with E-state index in [2.05, 4.69) is 30.9 Å². The van der Waals surface area contributed by atoms with Crippen LogP contribution in [-0.4, -0.2) is 72.0 Å². The van der Waals surface area contributed by atoms with Crippen LogP contribution in [0.1, 0.15) is 5.76 Å². The number of aliphatic hydroxyl groups excluding tert-OH is 1. The first-order chi connectivity index (χ1) is 21.3. The fraction of sp³-hybridized carbons (Fsp3) is 0.300. The number of nitrogens with zero attached hydrogens (tertiary/aromatic N) is 4. The van der Waals surface area contributed by atoms with Gasteiger partial charge in [0.15, 0.2) is 22.7 Å². The summed E-state index contributed by atoms with van der Waals surface area (Å²) in [5.74, 6) is -4.18. The molecule has 0 radical (unpaired) electrons. The van der Waals surface area contributed by atoms with Gasteiger partial charge in [0.05, 0.1) is 18.2 Å². The molecule has 20 nitrogen and oxygen atoms in total. The van der Waals surface area contributed by atoms with Gasteiger partial charge in [0.1, 0.15) is 42.5 Å². The maximum absolute atomic E-state index is 15.8. The zero-order valence-electron chi connectivity index (χ0n) is 22.1. The number of aromatic nitrogens is 4. The van der Waals surface area contributed by atoms with E-state index >= 15 is 4.39 Å². The fourth-order valence-corrected chi connectivity index (χ4v) is 7.86. The first-order valence-corrected chi connectivity index (χ1v) is 17.5. The van der Waals surface area contributed by atoms with Crippen molar-refractivity contribution < 1.29 is 51.2 Å². The van der Waals surface area contributed by atoms with Gasteiger partial charge in [0, 0.05) is 11.8 Å². The molecule has 4 aliphatic heterocycles. The standard InChI is InChI=1S/C20H20FN9O11P2S2/c21-8-12-6(39-18(8)29-4-25-9-14(29)23-3-24-16(9)32)1-38-43(36,44)41-13-11(31)7(2-37-42(34,35)40-12)45-19(13)30-5-26-10-15(30)27-20(22)28-17(10)33/h2,5,9,11,14,23,25,31H,1,3-4H2,(H,24,32)(H,34,35)(H,36,44)(H3,22,27,28,33)/b7-2+/t9-,11-,14?,43?/m1/s1. The molecule has 240 valence electrons. The van der Waals surface area contributed by atoms with Crippen LogP contribution in [0.15, 0.2) is 32.5 Å². The van der Waals surface area contributed by atoms with E-state index in [-0.39, 0.29) is 46.3 Å². The number of carbonyl (C=O) groups excluding carboxylic acids is 1. The van der Waals surface area contributed by atoms with Gasteiger partial charge in [-0.25, -0.2) is 9.55 Å². The van der Waals surface area contributed by atoms with Crippen molar-refractivity contribution in [3.8, 4) is 5.75 Å². The lowest BCUT2D eigenvalue weighted by molar-refractivity contribution is -0.124. The van der Waals surface area contributed by atoms with Crippen LogP contribution in [0.2, 0.25) is 0 Å². The third-order valence-corrected chi connectivity index (χ3v) is 10.1. The summed E-state index contributed by atoms with van der Waals surface area (Å²) < 4.78 is 56.6. The van der Waals surface area contributed by atoms with E-state index in [0.29, 0.717) is 18.0 Å². The van der Waals surface area contributed by atoms with Crippen LogP contribution >= 0.6 is 26.3 Å². The van der Waals surface area contributed by atoms with Crippen LogP contribution in [0.4, 0.5) is 16.2 Å². The molecule has 45 heavy (non-hydrogen) atoms. The smallest absolute Gasteiger partial charge is 0.436 e. The lowest BCUT2D eigenvalue weighted by atomic mass is 10.2. The van der Waals surface area contributed by atoms with Gasteiger partial charge >= 0.3 is 14.5 Å². The highest BCUT2D eigenvalue weighted by Crippen LogP contribution is 2.57. The lowest BCUT2D eigenvalue weighted by Crippen LogP contribution is -2.62. The summed E-state index contributed by atoms with van der Waals surface area (Å²) in [5, 5.41) is 19.5. The minimum atomic E-state index is -5.19. The Morgan fingerprint density at radius 1 is 1.24 bits per heavy atom. The molecule has 5 atom stereocenters. The van der Waals surface area contributed by atoms with E-state index in [4.69, 9.17) is 40.1 Å². The Morgan fingerprint density at radius 2 is 2.04 bits per heavy atom. The van der Waals surface area contributed by atoms with E-state index in [1.54, 1.807) is 0 Å². The van der Waals surface area contributed by atoms with Crippen LogP contribution in [-0.2, 0) is 41.3 Å². The summed E-state index contributed by atoms with van der Waals surface area (Å²) in [6.07, 6.45) is -0.700. The zero-order valence-corrected chi connectivity index (χ0v) is 25.5. The van der Waals surface area contributed by atoms with Crippen molar-refractivity contribution >= 4 is 72.0 Å². The third-order valence-electron chi connectivity index (χ3n) is 6.78. The molecule has 2 bridgehead atoms. The molecular formula is C20H20FN9O11P2S2. The van der Waals surface area contributed by atoms with Crippen molar-refractivity contribution in [3.63, 3.8) is 0 Å². The number of thioether (sulfide) groups is 1. The molecule has 3 aromatic heterocycles. The summed E-state index contributed by atoms with van der Waals surface area (Å²) >= 11 is 5.85. The Hall–Kier alpha value is -3.50. The van der Waals surface area contributed by atoms with Gasteiger partial charge in [0.2, 0.25) is 29.3 Å². The van der Waals surface area contributed by atoms with Crippen molar-refractivity contribution in [1.29, 1.82) is 0 Å². The second-order valence-electron chi connectivity index (χ2n) is 9.58. The van der Waals surface area contributed by atoms with Crippen molar-refractivity contribution in [2.45, 2.75) is 24.9 Å². The van der Waals surface area contributed by atoms with Gasteiger partial charge in [0.25, 0.3) is 5.56 Å². The average molecular weight is 708 g/mol. The van der Waals surface area contributed by atoms with Crippen molar-refractivity contribution in [2.24, 2.45) is 0 Å². The van der Waals surface area contributed by atoms with Crippen molar-refractivity contribution in [2.75, 3.05) is 24.0 Å². The Balaban J connectivity index is 1.28. The number of hydrogen-bond donors (Lipinski definition) is 8. The maximum atomic E-state index is 15.8. The average Bonchev–Trinajstić information content (AvgIpc) is 3.72. The van der Waals surface area contributed by atoms with E-state index in [0.717, 1.165) is 6.33 Å². The van der Waals surface area contributed by atoms with Gasteiger partial charge < -0.3 is 43.9 Å². The van der Waals surface area contributed by atoms with Gasteiger partial charge in [-0.2, -0.15) is 9.37 Å². The monoisotopic (exact) mass is 707 g/mol. The molecule has 7 rings (SSSR count). The van der Waals surface area contributed by atoms with Crippen LogP contribution in [0, 0.1) is 5.82 Å². The number of aliphatic hydroxyl groups is 1. The van der Waals surface area contributed by atoms with Crippen LogP contribution in [0.3, 0.4) is 0 Å². The molecule has 3 aromatic rings. The highest BCUT2D eigenvalue weighted by Gasteiger charge is 2.45. The molecule has 7 heterocycles. The number of hydrogen-bond acceptors (Lipinski definition) is 17. The molecule has 0 aromatic carbocycles. The third kappa shape index (κ3) is 5.29. The summed E-state index contributed by atoms with van der Waals surface area (Å²) in [6.45, 7) is -5.22. The number of imidazole rings is 1. The van der Waals surface area contributed by atoms with Crippen molar-refractivity contribution in [1.82, 2.24) is 35.5 Å². The van der Waals surface area contributed by atoms with E-state index in [1.807, 2.05) is 0 Å². The number of nitrogen functional groups attached to an aromatic ring is 1. The zero-order chi connectivity index (χ0) is 31.8. The fourth-order valence-electron chi connectivity index (χ4n) is 4.83. The number of halogens is 1. The molecule has 9 N–H and O–H groups in total. The number of H-pyrrole nitrogens is 1. The van der Waals surface area contributed by atoms with Crippen LogP contribution < -0.4 is 36.7 Å². The Morgan fingerprint density at radius 3 is 2.84 bits per heavy atom. The van der Waals surface area contributed by atoms with E-state index in [1.165, 1.54) is 9.47 Å². The molecule has 3 unspecified atom stereocenters. The number of carbonyl (C=O) groups is 1. The highest BCUT2D eigenvalue weighted by atomic mass is 32.5. The number of aromatic amines is 1. The molecule has 0 aliphatic carbocycles. The largest absolute Gasteiger partial charge is 0.584 e. The van der Waals surface area contributed by atoms with Crippen LogP contribution in [0.5, 0.6) is 5.75 Å². The minimum Gasteiger partial charge on any atom is -0.436 e. The second kappa shape index (κ2) is 10.8. The highest BCUT2D eigenvalue weighted by molar-refractivity contribution is 8.12. The molecular weight excluding hydrogens is 687 g/mol. The van der Waals surface area contributed by atoms with E-state index < -0.39 is 74.0 Å². The minimum absolute atomic E-state index is 0.0397. The SMILES string of the molecule is Nc1nc2c(ncn2C2=C3OP(O)(=S)OCc4oc(N5CN[C@H]6C(=O)NCNC65)c(F)c4OP(=O)(O)O/C=C(/S2)[C@H]3O)c(=O)[nH]1.